The molecule has 128 valence electrons. The van der Waals surface area contributed by atoms with E-state index in [-0.39, 0.29) is 6.42 Å². The van der Waals surface area contributed by atoms with Gasteiger partial charge in [0.25, 0.3) is 0 Å². The lowest BCUT2D eigenvalue weighted by Gasteiger charge is -2.11. The van der Waals surface area contributed by atoms with Gasteiger partial charge in [0.1, 0.15) is 11.5 Å². The number of ether oxygens (including phenoxy) is 2. The van der Waals surface area contributed by atoms with Crippen LogP contribution in [0.5, 0.6) is 11.5 Å². The van der Waals surface area contributed by atoms with Crippen LogP contribution < -0.4 is 9.47 Å². The zero-order valence-electron chi connectivity index (χ0n) is 13.8. The first-order valence-corrected chi connectivity index (χ1v) is 8.16. The van der Waals surface area contributed by atoms with Crippen LogP contribution in [0.25, 0.3) is 0 Å². The van der Waals surface area contributed by atoms with Gasteiger partial charge in [0.15, 0.2) is 0 Å². The van der Waals surface area contributed by atoms with Crippen LogP contribution in [0.2, 0.25) is 5.02 Å². The summed E-state index contributed by atoms with van der Waals surface area (Å²) in [5.74, 6) is 0.624. The molecule has 0 aromatic heterocycles. The summed E-state index contributed by atoms with van der Waals surface area (Å²) in [5, 5.41) is 9.57. The van der Waals surface area contributed by atoms with E-state index in [1.54, 1.807) is 18.2 Å². The Balaban J connectivity index is 1.76. The Morgan fingerprint density at radius 1 is 1.04 bits per heavy atom. The van der Waals surface area contributed by atoms with Gasteiger partial charge in [0.05, 0.1) is 19.6 Å². The third-order valence-electron chi connectivity index (χ3n) is 3.49. The molecule has 0 saturated heterocycles. The predicted octanol–water partition coefficient (Wildman–Crippen LogP) is 4.43. The van der Waals surface area contributed by atoms with Crippen LogP contribution in [0.1, 0.15) is 23.1 Å². The van der Waals surface area contributed by atoms with Crippen molar-refractivity contribution in [3.05, 3.63) is 58.1 Å². The second-order valence-corrected chi connectivity index (χ2v) is 6.02. The summed E-state index contributed by atoms with van der Waals surface area (Å²) in [7, 11) is 0. The minimum Gasteiger partial charge on any atom is -0.493 e. The number of carboxylic acid groups (broad SMARTS) is 1. The van der Waals surface area contributed by atoms with Crippen molar-refractivity contribution in [1.29, 1.82) is 0 Å². The van der Waals surface area contributed by atoms with Gasteiger partial charge >= 0.3 is 5.97 Å². The lowest BCUT2D eigenvalue weighted by atomic mass is 10.1. The van der Waals surface area contributed by atoms with Crippen LogP contribution in [0.3, 0.4) is 0 Å². The Morgan fingerprint density at radius 3 is 2.29 bits per heavy atom. The van der Waals surface area contributed by atoms with Crippen molar-refractivity contribution in [2.24, 2.45) is 0 Å². The number of hydrogen-bond acceptors (Lipinski definition) is 3. The lowest BCUT2D eigenvalue weighted by molar-refractivity contribution is -0.136. The van der Waals surface area contributed by atoms with E-state index in [2.05, 4.69) is 0 Å². The first kappa shape index (κ1) is 18.1. The van der Waals surface area contributed by atoms with Crippen molar-refractivity contribution in [2.45, 2.75) is 26.7 Å². The monoisotopic (exact) mass is 348 g/mol. The molecule has 1 N–H and O–H groups in total. The quantitative estimate of drug-likeness (QED) is 0.717. The van der Waals surface area contributed by atoms with Crippen LogP contribution in [0.15, 0.2) is 36.4 Å². The molecule has 24 heavy (non-hydrogen) atoms. The van der Waals surface area contributed by atoms with E-state index in [1.807, 2.05) is 32.0 Å². The fraction of sp³-hybridized carbons (Fsp3) is 0.316. The van der Waals surface area contributed by atoms with Gasteiger partial charge in [-0.05, 0) is 54.8 Å². The predicted molar refractivity (Wildman–Crippen MR) is 94.3 cm³/mol. The molecule has 0 fully saturated rings. The summed E-state index contributed by atoms with van der Waals surface area (Å²) >= 11 is 6.13. The van der Waals surface area contributed by atoms with E-state index in [0.29, 0.717) is 19.0 Å². The van der Waals surface area contributed by atoms with E-state index in [9.17, 15) is 4.79 Å². The molecule has 0 aliphatic carbocycles. The molecule has 0 radical (unpaired) electrons. The fourth-order valence-corrected chi connectivity index (χ4v) is 2.46. The minimum atomic E-state index is -0.853. The average molecular weight is 349 g/mol. The lowest BCUT2D eigenvalue weighted by Crippen LogP contribution is -2.06. The van der Waals surface area contributed by atoms with Crippen LogP contribution >= 0.6 is 11.6 Å². The first-order valence-electron chi connectivity index (χ1n) is 7.79. The normalized spacial score (nSPS) is 10.5. The zero-order chi connectivity index (χ0) is 17.5. The number of carbonyl (C=O) groups is 1. The highest BCUT2D eigenvalue weighted by Gasteiger charge is 2.04. The van der Waals surface area contributed by atoms with Crippen molar-refractivity contribution in [3.8, 4) is 11.5 Å². The van der Waals surface area contributed by atoms with Crippen molar-refractivity contribution in [1.82, 2.24) is 0 Å². The third-order valence-corrected chi connectivity index (χ3v) is 4.09. The van der Waals surface area contributed by atoms with Crippen LogP contribution in [0.4, 0.5) is 0 Å². The number of hydrogen-bond donors (Lipinski definition) is 1. The number of aryl methyl sites for hydroxylation is 2. The Kier molecular flexibility index (Phi) is 6.50. The smallest absolute Gasteiger partial charge is 0.307 e. The molecule has 0 spiro atoms. The van der Waals surface area contributed by atoms with E-state index >= 15 is 0 Å². The molecule has 2 rings (SSSR count). The number of benzene rings is 2. The maximum atomic E-state index is 10.7. The molecule has 4 nitrogen and oxygen atoms in total. The van der Waals surface area contributed by atoms with Crippen LogP contribution in [-0.2, 0) is 11.2 Å². The van der Waals surface area contributed by atoms with Crippen molar-refractivity contribution in [2.75, 3.05) is 13.2 Å². The van der Waals surface area contributed by atoms with E-state index < -0.39 is 5.97 Å². The second-order valence-electron chi connectivity index (χ2n) is 5.64. The van der Waals surface area contributed by atoms with E-state index in [0.717, 1.165) is 33.9 Å². The van der Waals surface area contributed by atoms with Gasteiger partial charge in [-0.2, -0.15) is 0 Å². The van der Waals surface area contributed by atoms with Crippen molar-refractivity contribution < 1.29 is 19.4 Å². The second kappa shape index (κ2) is 8.60. The van der Waals surface area contributed by atoms with Gasteiger partial charge in [-0.1, -0.05) is 23.7 Å². The topological polar surface area (TPSA) is 55.8 Å². The first-order chi connectivity index (χ1) is 11.5. The summed E-state index contributed by atoms with van der Waals surface area (Å²) in [6.45, 7) is 4.95. The van der Waals surface area contributed by atoms with E-state index in [1.165, 1.54) is 0 Å². The largest absolute Gasteiger partial charge is 0.493 e. The van der Waals surface area contributed by atoms with E-state index in [4.69, 9.17) is 26.2 Å². The van der Waals surface area contributed by atoms with Gasteiger partial charge in [0, 0.05) is 11.4 Å². The highest BCUT2D eigenvalue weighted by molar-refractivity contribution is 6.32. The van der Waals surface area contributed by atoms with Crippen molar-refractivity contribution >= 4 is 17.6 Å². The molecule has 0 aliphatic heterocycles. The molecule has 0 amide bonds. The summed E-state index contributed by atoms with van der Waals surface area (Å²) in [6.07, 6.45) is 0.722. The molecule has 5 heteroatoms. The summed E-state index contributed by atoms with van der Waals surface area (Å²) < 4.78 is 11.4. The Labute approximate surface area is 147 Å². The standard InChI is InChI=1S/C19H21ClO4/c1-13-9-17(10-14(2)19(13)20)24-8-4-7-23-16-6-3-5-15(11-16)12-18(21)22/h3,5-6,9-11H,4,7-8,12H2,1-2H3,(H,21,22). The Bertz CT molecular complexity index is 689. The molecule has 0 aliphatic rings. The number of aliphatic carboxylic acids is 1. The number of carboxylic acids is 1. The molecule has 0 heterocycles. The molecule has 2 aromatic carbocycles. The SMILES string of the molecule is Cc1cc(OCCCOc2cccc(CC(=O)O)c2)cc(C)c1Cl. The molecule has 2 aromatic rings. The fourth-order valence-electron chi connectivity index (χ4n) is 2.35. The van der Waals surface area contributed by atoms with Crippen molar-refractivity contribution in [3.63, 3.8) is 0 Å². The Hall–Kier alpha value is -2.20. The highest BCUT2D eigenvalue weighted by Crippen LogP contribution is 2.25. The van der Waals surface area contributed by atoms with Gasteiger partial charge in [-0.15, -0.1) is 0 Å². The van der Waals surface area contributed by atoms with Gasteiger partial charge < -0.3 is 14.6 Å². The maximum Gasteiger partial charge on any atom is 0.307 e. The highest BCUT2D eigenvalue weighted by atomic mass is 35.5. The molecule has 0 unspecified atom stereocenters. The van der Waals surface area contributed by atoms with Gasteiger partial charge in [0.2, 0.25) is 0 Å². The van der Waals surface area contributed by atoms with Crippen LogP contribution in [-0.4, -0.2) is 24.3 Å². The molecule has 0 saturated carbocycles. The molecular formula is C19H21ClO4. The van der Waals surface area contributed by atoms with Crippen LogP contribution in [0, 0.1) is 13.8 Å². The number of rotatable bonds is 8. The molecule has 0 bridgehead atoms. The minimum absolute atomic E-state index is 0.00438. The summed E-state index contributed by atoms with van der Waals surface area (Å²) in [6, 6.07) is 11.0. The Morgan fingerprint density at radius 2 is 1.67 bits per heavy atom. The maximum absolute atomic E-state index is 10.7. The zero-order valence-corrected chi connectivity index (χ0v) is 14.6. The van der Waals surface area contributed by atoms with Gasteiger partial charge in [-0.25, -0.2) is 0 Å². The molecular weight excluding hydrogens is 328 g/mol. The summed E-state index contributed by atoms with van der Waals surface area (Å²) in [4.78, 5) is 10.7. The average Bonchev–Trinajstić information content (AvgIpc) is 2.52. The molecule has 0 atom stereocenters. The third kappa shape index (κ3) is 5.46. The number of halogens is 1. The van der Waals surface area contributed by atoms with Gasteiger partial charge in [-0.3, -0.25) is 4.79 Å². The summed E-state index contributed by atoms with van der Waals surface area (Å²) in [5.41, 5.74) is 2.72.